The van der Waals surface area contributed by atoms with Gasteiger partial charge in [-0.2, -0.15) is 0 Å². The molecule has 1 fully saturated rings. The fraction of sp³-hybridized carbons (Fsp3) is 1.00. The molecular weight excluding hydrogens is 204 g/mol. The van der Waals surface area contributed by atoms with Crippen molar-refractivity contribution in [3.05, 3.63) is 0 Å². The van der Waals surface area contributed by atoms with E-state index in [1.807, 2.05) is 7.11 Å². The van der Waals surface area contributed by atoms with E-state index >= 15 is 0 Å². The maximum atomic E-state index is 5.44. The number of halogens is 1. The molecule has 11 heavy (non-hydrogen) atoms. The minimum absolute atomic E-state index is 0.543. The van der Waals surface area contributed by atoms with Crippen LogP contribution in [0.4, 0.5) is 0 Å². The lowest BCUT2D eigenvalue weighted by molar-refractivity contribution is 0.0229. The molecule has 1 saturated carbocycles. The number of alkyl halides is 1. The molecule has 1 aliphatic rings. The highest BCUT2D eigenvalue weighted by atomic mass is 79.9. The average molecular weight is 221 g/mol. The van der Waals surface area contributed by atoms with Crippen LogP contribution in [-0.2, 0) is 4.74 Å². The van der Waals surface area contributed by atoms with Crippen LogP contribution in [0.1, 0.15) is 32.1 Å². The number of methoxy groups -OCH3 is 1. The Morgan fingerprint density at radius 2 is 2.09 bits per heavy atom. The van der Waals surface area contributed by atoms with E-state index in [2.05, 4.69) is 15.9 Å². The maximum absolute atomic E-state index is 5.44. The van der Waals surface area contributed by atoms with Crippen LogP contribution >= 0.6 is 15.9 Å². The first-order valence-electron chi connectivity index (χ1n) is 4.47. The van der Waals surface area contributed by atoms with Crippen LogP contribution in [0.25, 0.3) is 0 Å². The molecular formula is C9H17BrO. The zero-order valence-corrected chi connectivity index (χ0v) is 8.77. The Kier molecular flexibility index (Phi) is 4.46. The number of rotatable bonds is 3. The molecule has 66 valence electrons. The molecule has 0 aromatic rings. The smallest absolute Gasteiger partial charge is 0.0599 e. The van der Waals surface area contributed by atoms with E-state index in [4.69, 9.17) is 4.74 Å². The van der Waals surface area contributed by atoms with Gasteiger partial charge in [0.1, 0.15) is 0 Å². The molecule has 0 aromatic carbocycles. The van der Waals surface area contributed by atoms with Crippen molar-refractivity contribution in [1.29, 1.82) is 0 Å². The maximum Gasteiger partial charge on any atom is 0.0599 e. The molecule has 0 unspecified atom stereocenters. The Hall–Kier alpha value is 0.440. The Bertz CT molecular complexity index is 104. The van der Waals surface area contributed by atoms with Crippen molar-refractivity contribution in [1.82, 2.24) is 0 Å². The lowest BCUT2D eigenvalue weighted by Crippen LogP contribution is -2.26. The zero-order valence-electron chi connectivity index (χ0n) is 7.18. The predicted molar refractivity (Wildman–Crippen MR) is 51.2 cm³/mol. The molecule has 0 bridgehead atoms. The van der Waals surface area contributed by atoms with E-state index < -0.39 is 0 Å². The molecule has 0 spiro atoms. The fourth-order valence-corrected chi connectivity index (χ4v) is 2.54. The molecule has 1 rings (SSSR count). The summed E-state index contributed by atoms with van der Waals surface area (Å²) in [5, 5.41) is 1.12. The Morgan fingerprint density at radius 1 is 1.36 bits per heavy atom. The third kappa shape index (κ3) is 2.75. The lowest BCUT2D eigenvalue weighted by Gasteiger charge is -2.29. The van der Waals surface area contributed by atoms with E-state index in [9.17, 15) is 0 Å². The first-order chi connectivity index (χ1) is 5.38. The minimum atomic E-state index is 0.543. The van der Waals surface area contributed by atoms with Crippen molar-refractivity contribution < 1.29 is 4.74 Å². The van der Waals surface area contributed by atoms with Gasteiger partial charge in [0.15, 0.2) is 0 Å². The molecule has 2 atom stereocenters. The molecule has 2 heteroatoms. The summed E-state index contributed by atoms with van der Waals surface area (Å²) < 4.78 is 5.44. The topological polar surface area (TPSA) is 9.23 Å². The predicted octanol–water partition coefficient (Wildman–Crippen LogP) is 2.98. The highest BCUT2D eigenvalue weighted by Crippen LogP contribution is 2.29. The highest BCUT2D eigenvalue weighted by Gasteiger charge is 2.23. The van der Waals surface area contributed by atoms with Crippen LogP contribution in [0.5, 0.6) is 0 Å². The molecule has 0 amide bonds. The number of ether oxygens (including phenoxy) is 1. The normalized spacial score (nSPS) is 32.2. The summed E-state index contributed by atoms with van der Waals surface area (Å²) in [6.07, 6.45) is 7.22. The second-order valence-electron chi connectivity index (χ2n) is 3.30. The first-order valence-corrected chi connectivity index (χ1v) is 5.59. The van der Waals surface area contributed by atoms with Gasteiger partial charge in [0.2, 0.25) is 0 Å². The zero-order chi connectivity index (χ0) is 8.10. The van der Waals surface area contributed by atoms with Gasteiger partial charge in [0, 0.05) is 12.4 Å². The van der Waals surface area contributed by atoms with Gasteiger partial charge in [-0.15, -0.1) is 0 Å². The van der Waals surface area contributed by atoms with Gasteiger partial charge in [0.25, 0.3) is 0 Å². The molecule has 0 radical (unpaired) electrons. The van der Waals surface area contributed by atoms with Gasteiger partial charge in [-0.25, -0.2) is 0 Å². The quantitative estimate of drug-likeness (QED) is 0.665. The summed E-state index contributed by atoms with van der Waals surface area (Å²) in [7, 11) is 1.84. The van der Waals surface area contributed by atoms with Gasteiger partial charge in [0.05, 0.1) is 6.10 Å². The minimum Gasteiger partial charge on any atom is -0.381 e. The molecule has 1 aliphatic carbocycles. The molecule has 0 aromatic heterocycles. The Labute approximate surface area is 77.6 Å². The van der Waals surface area contributed by atoms with Gasteiger partial charge in [-0.1, -0.05) is 28.8 Å². The summed E-state index contributed by atoms with van der Waals surface area (Å²) in [5.74, 6) is 0.813. The SMILES string of the molecule is CO[C@@H]1CCCC[C@H]1CCBr. The van der Waals surface area contributed by atoms with E-state index in [-0.39, 0.29) is 0 Å². The first kappa shape index (κ1) is 9.53. The largest absolute Gasteiger partial charge is 0.381 e. The summed E-state index contributed by atoms with van der Waals surface area (Å²) >= 11 is 3.49. The van der Waals surface area contributed by atoms with Gasteiger partial charge in [-0.3, -0.25) is 0 Å². The van der Waals surface area contributed by atoms with Crippen LogP contribution in [0.2, 0.25) is 0 Å². The van der Waals surface area contributed by atoms with Gasteiger partial charge >= 0.3 is 0 Å². The lowest BCUT2D eigenvalue weighted by atomic mass is 9.85. The van der Waals surface area contributed by atoms with Crippen molar-refractivity contribution in [2.75, 3.05) is 12.4 Å². The molecule has 0 N–H and O–H groups in total. The highest BCUT2D eigenvalue weighted by molar-refractivity contribution is 9.09. The van der Waals surface area contributed by atoms with Crippen molar-refractivity contribution in [3.8, 4) is 0 Å². The summed E-state index contributed by atoms with van der Waals surface area (Å²) in [4.78, 5) is 0. The van der Waals surface area contributed by atoms with E-state index in [0.717, 1.165) is 11.2 Å². The van der Waals surface area contributed by atoms with Crippen LogP contribution < -0.4 is 0 Å². The second-order valence-corrected chi connectivity index (χ2v) is 4.09. The van der Waals surface area contributed by atoms with Crippen LogP contribution in [0.3, 0.4) is 0 Å². The molecule has 1 nitrogen and oxygen atoms in total. The van der Waals surface area contributed by atoms with Crippen molar-refractivity contribution >= 4 is 15.9 Å². The summed E-state index contributed by atoms with van der Waals surface area (Å²) in [5.41, 5.74) is 0. The standard InChI is InChI=1S/C9H17BrO/c1-11-9-5-3-2-4-8(9)6-7-10/h8-9H,2-7H2,1H3/t8-,9+/m0/s1. The van der Waals surface area contributed by atoms with Crippen molar-refractivity contribution in [2.24, 2.45) is 5.92 Å². The van der Waals surface area contributed by atoms with E-state index in [1.54, 1.807) is 0 Å². The van der Waals surface area contributed by atoms with Crippen molar-refractivity contribution in [2.45, 2.75) is 38.2 Å². The fourth-order valence-electron chi connectivity index (χ4n) is 1.95. The monoisotopic (exact) mass is 220 g/mol. The Balaban J connectivity index is 2.31. The Morgan fingerprint density at radius 3 is 2.73 bits per heavy atom. The van der Waals surface area contributed by atoms with Crippen LogP contribution in [-0.4, -0.2) is 18.5 Å². The summed E-state index contributed by atoms with van der Waals surface area (Å²) in [6.45, 7) is 0. The number of hydrogen-bond acceptors (Lipinski definition) is 1. The third-order valence-corrected chi connectivity index (χ3v) is 3.08. The molecule has 0 heterocycles. The van der Waals surface area contributed by atoms with Crippen molar-refractivity contribution in [3.63, 3.8) is 0 Å². The van der Waals surface area contributed by atoms with E-state index in [0.29, 0.717) is 6.10 Å². The molecule has 0 saturated heterocycles. The average Bonchev–Trinajstić information content (AvgIpc) is 2.06. The van der Waals surface area contributed by atoms with Gasteiger partial charge in [-0.05, 0) is 25.2 Å². The summed E-state index contributed by atoms with van der Waals surface area (Å²) in [6, 6.07) is 0. The van der Waals surface area contributed by atoms with Gasteiger partial charge < -0.3 is 4.74 Å². The van der Waals surface area contributed by atoms with Crippen LogP contribution in [0, 0.1) is 5.92 Å². The van der Waals surface area contributed by atoms with E-state index in [1.165, 1.54) is 32.1 Å². The van der Waals surface area contributed by atoms with Crippen LogP contribution in [0.15, 0.2) is 0 Å². The second kappa shape index (κ2) is 5.15. The molecule has 0 aliphatic heterocycles. The third-order valence-electron chi connectivity index (χ3n) is 2.62. The number of hydrogen-bond donors (Lipinski definition) is 0.